The number of pyridine rings is 1. The van der Waals surface area contributed by atoms with E-state index in [9.17, 15) is 22.8 Å². The van der Waals surface area contributed by atoms with Gasteiger partial charge in [-0.05, 0) is 56.0 Å². The van der Waals surface area contributed by atoms with Crippen molar-refractivity contribution in [2.45, 2.75) is 43.9 Å². The SMILES string of the molecule is CN(C)NCC#Cc1cc(N2C3CCC2CC3)ccc1NC(=O)c1c[nH]c2cccc(C(F)(F)F)c2c1=O. The molecule has 0 saturated carbocycles. The number of hydrogen-bond donors (Lipinski definition) is 3. The second-order valence-electron chi connectivity index (χ2n) is 9.84. The fourth-order valence-corrected chi connectivity index (χ4v) is 5.44. The maximum absolute atomic E-state index is 13.6. The average molecular weight is 524 g/mol. The molecule has 3 heterocycles. The van der Waals surface area contributed by atoms with Crippen LogP contribution in [0.2, 0.25) is 0 Å². The molecule has 2 aliphatic rings. The number of hydrogen-bond acceptors (Lipinski definition) is 5. The molecule has 2 aliphatic heterocycles. The molecule has 0 radical (unpaired) electrons. The summed E-state index contributed by atoms with van der Waals surface area (Å²) in [5, 5.41) is 3.91. The van der Waals surface area contributed by atoms with Gasteiger partial charge in [0.25, 0.3) is 5.91 Å². The number of nitrogens with one attached hydrogen (secondary N) is 3. The Morgan fingerprint density at radius 2 is 1.84 bits per heavy atom. The summed E-state index contributed by atoms with van der Waals surface area (Å²) in [6, 6.07) is 10.00. The van der Waals surface area contributed by atoms with Crippen molar-refractivity contribution in [2.24, 2.45) is 0 Å². The van der Waals surface area contributed by atoms with Gasteiger partial charge in [0, 0.05) is 43.6 Å². The van der Waals surface area contributed by atoms with Crippen LogP contribution in [0.1, 0.15) is 47.2 Å². The number of aromatic amines is 1. The minimum atomic E-state index is -4.74. The van der Waals surface area contributed by atoms with E-state index in [2.05, 4.69) is 32.5 Å². The first-order valence-corrected chi connectivity index (χ1v) is 12.5. The van der Waals surface area contributed by atoms with E-state index in [1.807, 2.05) is 26.2 Å². The summed E-state index contributed by atoms with van der Waals surface area (Å²) in [5.74, 6) is 5.32. The zero-order valence-electron chi connectivity index (χ0n) is 21.1. The molecular formula is C28H28F3N5O2. The van der Waals surface area contributed by atoms with E-state index in [-0.39, 0.29) is 5.52 Å². The van der Waals surface area contributed by atoms with Gasteiger partial charge in [0.05, 0.1) is 28.7 Å². The summed E-state index contributed by atoms with van der Waals surface area (Å²) in [5.41, 5.74) is 2.55. The topological polar surface area (TPSA) is 80.5 Å². The Kier molecular flexibility index (Phi) is 6.90. The molecule has 2 bridgehead atoms. The van der Waals surface area contributed by atoms with E-state index in [4.69, 9.17) is 0 Å². The fraction of sp³-hybridized carbons (Fsp3) is 0.357. The number of halogens is 3. The third-order valence-electron chi connectivity index (χ3n) is 7.17. The molecule has 7 nitrogen and oxygen atoms in total. The van der Waals surface area contributed by atoms with Crippen LogP contribution in [0.25, 0.3) is 10.9 Å². The van der Waals surface area contributed by atoms with Crippen molar-refractivity contribution < 1.29 is 18.0 Å². The number of anilines is 2. The van der Waals surface area contributed by atoms with Crippen LogP contribution < -0.4 is 21.1 Å². The minimum Gasteiger partial charge on any atom is -0.366 e. The Morgan fingerprint density at radius 1 is 1.13 bits per heavy atom. The molecule has 3 aromatic rings. The van der Waals surface area contributed by atoms with Gasteiger partial charge in [0.1, 0.15) is 5.56 Å². The maximum atomic E-state index is 13.6. The van der Waals surface area contributed by atoms with Crippen LogP contribution in [0.15, 0.2) is 47.4 Å². The number of amides is 1. The van der Waals surface area contributed by atoms with Gasteiger partial charge in [-0.3, -0.25) is 9.59 Å². The van der Waals surface area contributed by atoms with Gasteiger partial charge < -0.3 is 15.2 Å². The van der Waals surface area contributed by atoms with Crippen LogP contribution in [-0.2, 0) is 6.18 Å². The quantitative estimate of drug-likeness (QED) is 0.342. The molecule has 38 heavy (non-hydrogen) atoms. The molecule has 198 valence electrons. The molecule has 0 aliphatic carbocycles. The first kappa shape index (κ1) is 25.8. The van der Waals surface area contributed by atoms with Crippen LogP contribution in [0.4, 0.5) is 24.5 Å². The Hall–Kier alpha value is -3.81. The Morgan fingerprint density at radius 3 is 2.50 bits per heavy atom. The first-order chi connectivity index (χ1) is 18.1. The standard InChI is InChI=1S/C28H28F3N5O2/c1-35(2)33-14-4-5-17-15-20(36-18-8-9-19(36)11-10-18)12-13-23(17)34-27(38)21-16-32-24-7-3-6-22(28(29,30)31)25(24)26(21)37/h3,6-7,12-13,15-16,18-19,33H,8-11,14H2,1-2H3,(H,32,37)(H,34,38). The van der Waals surface area contributed by atoms with Crippen LogP contribution >= 0.6 is 0 Å². The highest BCUT2D eigenvalue weighted by Gasteiger charge is 2.39. The van der Waals surface area contributed by atoms with Crippen LogP contribution in [0, 0.1) is 11.8 Å². The normalized spacial score (nSPS) is 18.6. The zero-order valence-corrected chi connectivity index (χ0v) is 21.1. The van der Waals surface area contributed by atoms with Crippen molar-refractivity contribution in [3.8, 4) is 11.8 Å². The molecule has 5 rings (SSSR count). The average Bonchev–Trinajstić information content (AvgIpc) is 3.47. The van der Waals surface area contributed by atoms with E-state index in [1.165, 1.54) is 12.1 Å². The second-order valence-corrected chi connectivity index (χ2v) is 9.84. The Bertz CT molecular complexity index is 1480. The monoisotopic (exact) mass is 523 g/mol. The molecule has 3 N–H and O–H groups in total. The van der Waals surface area contributed by atoms with Crippen molar-refractivity contribution in [2.75, 3.05) is 30.9 Å². The van der Waals surface area contributed by atoms with Gasteiger partial charge in [0.2, 0.25) is 5.43 Å². The predicted molar refractivity (Wildman–Crippen MR) is 141 cm³/mol. The number of carbonyl (C=O) groups excluding carboxylic acids is 1. The summed E-state index contributed by atoms with van der Waals surface area (Å²) in [6.45, 7) is 0.379. The molecule has 2 fully saturated rings. The van der Waals surface area contributed by atoms with Gasteiger partial charge in [-0.1, -0.05) is 17.9 Å². The van der Waals surface area contributed by atoms with E-state index in [0.717, 1.165) is 43.6 Å². The lowest BCUT2D eigenvalue weighted by atomic mass is 10.0. The summed E-state index contributed by atoms with van der Waals surface area (Å²) < 4.78 is 40.7. The van der Waals surface area contributed by atoms with Crippen molar-refractivity contribution >= 4 is 28.2 Å². The highest BCUT2D eigenvalue weighted by Crippen LogP contribution is 2.41. The lowest BCUT2D eigenvalue weighted by molar-refractivity contribution is -0.136. The number of carbonyl (C=O) groups is 1. The number of H-pyrrole nitrogens is 1. The van der Waals surface area contributed by atoms with Crippen molar-refractivity contribution in [3.05, 3.63) is 69.5 Å². The van der Waals surface area contributed by atoms with Gasteiger partial charge in [0.15, 0.2) is 0 Å². The van der Waals surface area contributed by atoms with Gasteiger partial charge in [-0.2, -0.15) is 13.2 Å². The highest BCUT2D eigenvalue weighted by atomic mass is 19.4. The van der Waals surface area contributed by atoms with Crippen molar-refractivity contribution in [1.29, 1.82) is 0 Å². The summed E-state index contributed by atoms with van der Waals surface area (Å²) in [6.07, 6.45) is 1.02. The van der Waals surface area contributed by atoms with Crippen LogP contribution in [0.5, 0.6) is 0 Å². The predicted octanol–water partition coefficient (Wildman–Crippen LogP) is 4.35. The van der Waals surface area contributed by atoms with Gasteiger partial charge in [-0.15, -0.1) is 0 Å². The molecule has 0 atom stereocenters. The smallest absolute Gasteiger partial charge is 0.366 e. The molecule has 1 aromatic heterocycles. The van der Waals surface area contributed by atoms with Gasteiger partial charge >= 0.3 is 6.18 Å². The van der Waals surface area contributed by atoms with Crippen molar-refractivity contribution in [1.82, 2.24) is 15.4 Å². The molecule has 1 amide bonds. The number of fused-ring (bicyclic) bond motifs is 3. The Balaban J connectivity index is 1.49. The molecule has 2 aromatic carbocycles. The molecule has 0 spiro atoms. The lowest BCUT2D eigenvalue weighted by Gasteiger charge is -2.25. The minimum absolute atomic E-state index is 0.00548. The number of rotatable bonds is 5. The highest BCUT2D eigenvalue weighted by molar-refractivity contribution is 6.06. The van der Waals surface area contributed by atoms with Crippen LogP contribution in [0.3, 0.4) is 0 Å². The van der Waals surface area contributed by atoms with Crippen LogP contribution in [-0.4, -0.2) is 48.6 Å². The fourth-order valence-electron chi connectivity index (χ4n) is 5.44. The number of benzene rings is 2. The maximum Gasteiger partial charge on any atom is 0.417 e. The molecule has 2 saturated heterocycles. The zero-order chi connectivity index (χ0) is 27.0. The number of alkyl halides is 3. The largest absolute Gasteiger partial charge is 0.417 e. The van der Waals surface area contributed by atoms with E-state index < -0.39 is 34.0 Å². The first-order valence-electron chi connectivity index (χ1n) is 12.5. The van der Waals surface area contributed by atoms with E-state index in [1.54, 1.807) is 11.1 Å². The van der Waals surface area contributed by atoms with E-state index >= 15 is 0 Å². The number of aromatic nitrogens is 1. The Labute approximate surface area is 218 Å². The molecular weight excluding hydrogens is 495 g/mol. The number of nitrogens with zero attached hydrogens (tertiary/aromatic N) is 2. The molecule has 10 heteroatoms. The molecule has 0 unspecified atom stereocenters. The van der Waals surface area contributed by atoms with Crippen molar-refractivity contribution in [3.63, 3.8) is 0 Å². The summed E-state index contributed by atoms with van der Waals surface area (Å²) >= 11 is 0. The second kappa shape index (κ2) is 10.2. The summed E-state index contributed by atoms with van der Waals surface area (Å²) in [7, 11) is 3.70. The third-order valence-corrected chi connectivity index (χ3v) is 7.17. The lowest BCUT2D eigenvalue weighted by Crippen LogP contribution is -2.30. The van der Waals surface area contributed by atoms with Gasteiger partial charge in [-0.25, -0.2) is 10.4 Å². The summed E-state index contributed by atoms with van der Waals surface area (Å²) in [4.78, 5) is 31.3. The number of hydrazine groups is 1. The van der Waals surface area contributed by atoms with E-state index in [0.29, 0.717) is 29.9 Å². The third kappa shape index (κ3) is 4.99.